The second kappa shape index (κ2) is 11.0. The highest BCUT2D eigenvalue weighted by molar-refractivity contribution is 5.83. The monoisotopic (exact) mass is 418 g/mol. The molecule has 29 heavy (non-hydrogen) atoms. The van der Waals surface area contributed by atoms with Gasteiger partial charge in [0.05, 0.1) is 17.8 Å². The number of rotatable bonds is 8. The van der Waals surface area contributed by atoms with E-state index in [0.717, 1.165) is 43.2 Å². The third-order valence-corrected chi connectivity index (χ3v) is 3.89. The van der Waals surface area contributed by atoms with Crippen molar-refractivity contribution in [2.24, 2.45) is 13.0 Å². The molecule has 1 heterocycles. The molecule has 0 saturated heterocycles. The van der Waals surface area contributed by atoms with E-state index < -0.39 is 12.1 Å². The summed E-state index contributed by atoms with van der Waals surface area (Å²) in [4.78, 5) is 11.2. The Hall–Kier alpha value is -2.33. The summed E-state index contributed by atoms with van der Waals surface area (Å²) in [5.74, 6) is -1.31. The van der Waals surface area contributed by atoms with E-state index in [-0.39, 0.29) is 0 Å². The lowest BCUT2D eigenvalue weighted by molar-refractivity contribution is -0.192. The van der Waals surface area contributed by atoms with E-state index in [1.165, 1.54) is 5.39 Å². The van der Waals surface area contributed by atoms with E-state index >= 15 is 0 Å². The number of carboxylic acid groups (broad SMARTS) is 1. The number of carboxylic acids is 1. The van der Waals surface area contributed by atoms with E-state index in [4.69, 9.17) is 14.6 Å². The summed E-state index contributed by atoms with van der Waals surface area (Å²) in [5.41, 5.74) is 2.25. The van der Waals surface area contributed by atoms with Crippen LogP contribution in [-0.4, -0.2) is 65.7 Å². The minimum atomic E-state index is -5.08. The van der Waals surface area contributed by atoms with Crippen molar-refractivity contribution in [1.29, 1.82) is 0 Å². The van der Waals surface area contributed by atoms with Crippen molar-refractivity contribution in [3.05, 3.63) is 23.9 Å². The van der Waals surface area contributed by atoms with Crippen LogP contribution < -0.4 is 10.1 Å². The molecule has 7 nitrogen and oxygen atoms in total. The molecule has 2 N–H and O–H groups in total. The molecule has 0 spiro atoms. The first kappa shape index (κ1) is 24.7. The summed E-state index contributed by atoms with van der Waals surface area (Å²) < 4.78 is 39.5. The number of alkyl halides is 3. The number of carbonyl (C=O) groups is 1. The summed E-state index contributed by atoms with van der Waals surface area (Å²) in [7, 11) is 6.09. The Bertz CT molecular complexity index is 791. The Morgan fingerprint density at radius 1 is 1.38 bits per heavy atom. The Morgan fingerprint density at radius 2 is 2.00 bits per heavy atom. The normalized spacial score (nSPS) is 11.7. The minimum absolute atomic E-state index is 0.525. The molecule has 10 heteroatoms. The van der Waals surface area contributed by atoms with E-state index in [1.807, 2.05) is 24.8 Å². The van der Waals surface area contributed by atoms with E-state index in [2.05, 4.69) is 48.3 Å². The van der Waals surface area contributed by atoms with Gasteiger partial charge in [0, 0.05) is 32.1 Å². The van der Waals surface area contributed by atoms with Crippen LogP contribution in [0, 0.1) is 5.92 Å². The van der Waals surface area contributed by atoms with Gasteiger partial charge in [-0.1, -0.05) is 13.8 Å². The predicted octanol–water partition coefficient (Wildman–Crippen LogP) is 2.89. The van der Waals surface area contributed by atoms with Gasteiger partial charge in [-0.05, 0) is 38.2 Å². The Balaban J connectivity index is 0.000000516. The fraction of sp³-hybridized carbons (Fsp3) is 0.579. The van der Waals surface area contributed by atoms with Crippen LogP contribution in [0.2, 0.25) is 0 Å². The van der Waals surface area contributed by atoms with Gasteiger partial charge in [-0.25, -0.2) is 4.79 Å². The van der Waals surface area contributed by atoms with E-state index in [1.54, 1.807) is 0 Å². The van der Waals surface area contributed by atoms with Gasteiger partial charge in [0.1, 0.15) is 5.75 Å². The molecule has 0 radical (unpaired) electrons. The number of likely N-dealkylation sites (N-methyl/N-ethyl adjacent to an activating group) is 2. The zero-order valence-corrected chi connectivity index (χ0v) is 17.4. The SMILES string of the molecule is CNCCN(C)Cc1nn(C)c2ccc(OCC(C)C)cc12.O=C(O)C(F)(F)F. The fourth-order valence-electron chi connectivity index (χ4n) is 2.42. The number of aromatic nitrogens is 2. The molecule has 0 aliphatic rings. The molecule has 0 fully saturated rings. The fourth-order valence-corrected chi connectivity index (χ4v) is 2.42. The van der Waals surface area contributed by atoms with Gasteiger partial charge >= 0.3 is 12.1 Å². The average molecular weight is 418 g/mol. The topological polar surface area (TPSA) is 79.6 Å². The Labute approximate surface area is 168 Å². The largest absolute Gasteiger partial charge is 0.493 e. The van der Waals surface area contributed by atoms with Gasteiger partial charge < -0.3 is 15.2 Å². The van der Waals surface area contributed by atoms with Crippen molar-refractivity contribution in [2.75, 3.05) is 33.8 Å². The van der Waals surface area contributed by atoms with E-state index in [0.29, 0.717) is 5.92 Å². The van der Waals surface area contributed by atoms with Crippen molar-refractivity contribution in [1.82, 2.24) is 20.0 Å². The molecule has 0 unspecified atom stereocenters. The summed E-state index contributed by atoms with van der Waals surface area (Å²) in [6.07, 6.45) is -5.08. The molecule has 0 aliphatic heterocycles. The first-order chi connectivity index (χ1) is 13.5. The molecular weight excluding hydrogens is 389 g/mol. The lowest BCUT2D eigenvalue weighted by Crippen LogP contribution is -2.27. The highest BCUT2D eigenvalue weighted by Crippen LogP contribution is 2.24. The number of fused-ring (bicyclic) bond motifs is 1. The summed E-state index contributed by atoms with van der Waals surface area (Å²) in [6, 6.07) is 6.24. The maximum absolute atomic E-state index is 10.6. The number of hydrogen-bond acceptors (Lipinski definition) is 5. The standard InChI is InChI=1S/C17H28N4O.C2HF3O2/c1-13(2)12-22-14-6-7-17-15(10-14)16(19-21(17)5)11-20(4)9-8-18-3;3-2(4,5)1(6)7/h6-7,10,13,18H,8-9,11-12H2,1-5H3;(H,6,7). The molecule has 2 aromatic rings. The second-order valence-corrected chi connectivity index (χ2v) is 7.10. The second-order valence-electron chi connectivity index (χ2n) is 7.10. The average Bonchev–Trinajstić information content (AvgIpc) is 2.93. The van der Waals surface area contributed by atoms with Crippen molar-refractivity contribution >= 4 is 16.9 Å². The Kier molecular flexibility index (Phi) is 9.38. The number of hydrogen-bond donors (Lipinski definition) is 2. The van der Waals surface area contributed by atoms with Gasteiger partial charge in [0.15, 0.2) is 0 Å². The zero-order valence-electron chi connectivity index (χ0n) is 17.4. The lowest BCUT2D eigenvalue weighted by Gasteiger charge is -2.15. The Morgan fingerprint density at radius 3 is 2.52 bits per heavy atom. The van der Waals surface area contributed by atoms with Crippen molar-refractivity contribution in [3.8, 4) is 5.75 Å². The summed E-state index contributed by atoms with van der Waals surface area (Å²) >= 11 is 0. The van der Waals surface area contributed by atoms with Crippen LogP contribution in [0.3, 0.4) is 0 Å². The van der Waals surface area contributed by atoms with Gasteiger partial charge in [-0.3, -0.25) is 9.58 Å². The van der Waals surface area contributed by atoms with Crippen molar-refractivity contribution in [3.63, 3.8) is 0 Å². The molecule has 0 bridgehead atoms. The molecule has 1 aromatic heterocycles. The number of nitrogens with one attached hydrogen (secondary N) is 1. The van der Waals surface area contributed by atoms with Crippen LogP contribution in [-0.2, 0) is 18.4 Å². The number of benzene rings is 1. The lowest BCUT2D eigenvalue weighted by atomic mass is 10.2. The maximum atomic E-state index is 10.6. The van der Waals surface area contributed by atoms with Crippen LogP contribution in [0.5, 0.6) is 5.75 Å². The number of nitrogens with zero attached hydrogens (tertiary/aromatic N) is 3. The van der Waals surface area contributed by atoms with Gasteiger partial charge in [-0.15, -0.1) is 0 Å². The van der Waals surface area contributed by atoms with Crippen LogP contribution in [0.4, 0.5) is 13.2 Å². The summed E-state index contributed by atoms with van der Waals surface area (Å²) in [5, 5.41) is 16.2. The predicted molar refractivity (Wildman–Crippen MR) is 105 cm³/mol. The third kappa shape index (κ3) is 8.28. The van der Waals surface area contributed by atoms with Gasteiger partial charge in [0.25, 0.3) is 0 Å². The molecule has 2 rings (SSSR count). The molecular formula is C19H29F3N4O3. The molecule has 1 aromatic carbocycles. The quantitative estimate of drug-likeness (QED) is 0.686. The van der Waals surface area contributed by atoms with Crippen molar-refractivity contribution in [2.45, 2.75) is 26.6 Å². The zero-order chi connectivity index (χ0) is 22.2. The van der Waals surface area contributed by atoms with Gasteiger partial charge in [0.2, 0.25) is 0 Å². The summed E-state index contributed by atoms with van der Waals surface area (Å²) in [6.45, 7) is 7.87. The highest BCUT2D eigenvalue weighted by atomic mass is 19.4. The first-order valence-corrected chi connectivity index (χ1v) is 9.17. The van der Waals surface area contributed by atoms with Crippen LogP contribution in [0.25, 0.3) is 10.9 Å². The van der Waals surface area contributed by atoms with E-state index in [9.17, 15) is 13.2 Å². The van der Waals surface area contributed by atoms with Crippen LogP contribution in [0.1, 0.15) is 19.5 Å². The van der Waals surface area contributed by atoms with Crippen LogP contribution in [0.15, 0.2) is 18.2 Å². The first-order valence-electron chi connectivity index (χ1n) is 9.17. The molecule has 0 aliphatic carbocycles. The number of aliphatic carboxylic acids is 1. The van der Waals surface area contributed by atoms with Crippen molar-refractivity contribution < 1.29 is 27.8 Å². The van der Waals surface area contributed by atoms with Gasteiger partial charge in [-0.2, -0.15) is 18.3 Å². The minimum Gasteiger partial charge on any atom is -0.493 e. The molecule has 164 valence electrons. The maximum Gasteiger partial charge on any atom is 0.490 e. The number of halogens is 3. The molecule has 0 amide bonds. The number of ether oxygens (including phenoxy) is 1. The smallest absolute Gasteiger partial charge is 0.490 e. The molecule has 0 atom stereocenters. The molecule has 0 saturated carbocycles. The highest BCUT2D eigenvalue weighted by Gasteiger charge is 2.38. The number of aryl methyl sites for hydroxylation is 1. The van der Waals surface area contributed by atoms with Crippen LogP contribution >= 0.6 is 0 Å². The third-order valence-electron chi connectivity index (χ3n) is 3.89.